The van der Waals surface area contributed by atoms with Crippen LogP contribution >= 0.6 is 15.9 Å². The van der Waals surface area contributed by atoms with Crippen molar-refractivity contribution >= 4 is 21.4 Å². The quantitative estimate of drug-likeness (QED) is 0.891. The largest absolute Gasteiger partial charge is 0.393 e. The maximum Gasteiger partial charge on any atom is 0.115 e. The molecule has 2 aromatic rings. The molecule has 0 aliphatic carbocycles. The van der Waals surface area contributed by atoms with Gasteiger partial charge in [-0.15, -0.1) is 0 Å². The molecule has 0 aliphatic rings. The fraction of sp³-hybridized carbons (Fsp3) is 0.300. The highest BCUT2D eigenvalue weighted by molar-refractivity contribution is 9.10. The van der Waals surface area contributed by atoms with Gasteiger partial charge in [-0.05, 0) is 35.0 Å². The predicted octanol–water partition coefficient (Wildman–Crippen LogP) is 2.02. The summed E-state index contributed by atoms with van der Waals surface area (Å²) in [4.78, 5) is 4.27. The van der Waals surface area contributed by atoms with Crippen molar-refractivity contribution in [2.75, 3.05) is 0 Å². The van der Waals surface area contributed by atoms with E-state index in [1.54, 1.807) is 6.92 Å². The Balaban J connectivity index is 2.52. The SMILES string of the molecule is CC(O)Cc1ncc2c(Br)cccn12. The van der Waals surface area contributed by atoms with Crippen LogP contribution < -0.4 is 0 Å². The summed E-state index contributed by atoms with van der Waals surface area (Å²) in [6.45, 7) is 1.76. The van der Waals surface area contributed by atoms with Crippen molar-refractivity contribution in [1.29, 1.82) is 0 Å². The normalized spacial score (nSPS) is 13.4. The standard InChI is InChI=1S/C10H11BrN2O/c1-7(14)5-10-12-6-9-8(11)3-2-4-13(9)10/h2-4,6-7,14H,5H2,1H3. The third-order valence-corrected chi connectivity index (χ3v) is 2.74. The summed E-state index contributed by atoms with van der Waals surface area (Å²) in [7, 11) is 0. The number of hydrogen-bond donors (Lipinski definition) is 1. The van der Waals surface area contributed by atoms with Gasteiger partial charge in [-0.25, -0.2) is 4.98 Å². The summed E-state index contributed by atoms with van der Waals surface area (Å²) in [5.41, 5.74) is 1.03. The fourth-order valence-corrected chi connectivity index (χ4v) is 1.90. The van der Waals surface area contributed by atoms with E-state index in [0.29, 0.717) is 6.42 Å². The second-order valence-corrected chi connectivity index (χ2v) is 4.19. The molecule has 0 bridgehead atoms. The molecule has 14 heavy (non-hydrogen) atoms. The van der Waals surface area contributed by atoms with Gasteiger partial charge in [0.1, 0.15) is 5.82 Å². The number of aromatic nitrogens is 2. The number of fused-ring (bicyclic) bond motifs is 1. The second-order valence-electron chi connectivity index (χ2n) is 3.34. The van der Waals surface area contributed by atoms with E-state index in [4.69, 9.17) is 0 Å². The minimum atomic E-state index is -0.361. The highest BCUT2D eigenvalue weighted by atomic mass is 79.9. The fourth-order valence-electron chi connectivity index (χ4n) is 1.46. The Morgan fingerprint density at radius 2 is 2.43 bits per heavy atom. The average molecular weight is 255 g/mol. The van der Waals surface area contributed by atoms with Crippen molar-refractivity contribution in [2.45, 2.75) is 19.4 Å². The van der Waals surface area contributed by atoms with E-state index in [9.17, 15) is 5.11 Å². The minimum absolute atomic E-state index is 0.361. The zero-order valence-electron chi connectivity index (χ0n) is 7.81. The molecule has 0 saturated heterocycles. The number of pyridine rings is 1. The minimum Gasteiger partial charge on any atom is -0.393 e. The van der Waals surface area contributed by atoms with Gasteiger partial charge in [-0.1, -0.05) is 0 Å². The highest BCUT2D eigenvalue weighted by Crippen LogP contribution is 2.18. The molecule has 4 heteroatoms. The zero-order chi connectivity index (χ0) is 10.1. The first-order chi connectivity index (χ1) is 6.68. The molecule has 0 aromatic carbocycles. The van der Waals surface area contributed by atoms with E-state index in [1.807, 2.05) is 28.9 Å². The molecule has 0 radical (unpaired) electrons. The van der Waals surface area contributed by atoms with Crippen LogP contribution in [0.5, 0.6) is 0 Å². The Hall–Kier alpha value is -0.870. The second kappa shape index (κ2) is 3.71. The number of aliphatic hydroxyl groups is 1. The summed E-state index contributed by atoms with van der Waals surface area (Å²) in [6, 6.07) is 3.92. The third kappa shape index (κ3) is 1.67. The number of hydrogen-bond acceptors (Lipinski definition) is 2. The summed E-state index contributed by atoms with van der Waals surface area (Å²) in [5.74, 6) is 0.885. The lowest BCUT2D eigenvalue weighted by Gasteiger charge is -2.03. The molecule has 3 nitrogen and oxygen atoms in total. The van der Waals surface area contributed by atoms with Crippen molar-refractivity contribution in [3.8, 4) is 0 Å². The van der Waals surface area contributed by atoms with Crippen LogP contribution in [0.15, 0.2) is 29.0 Å². The van der Waals surface area contributed by atoms with Crippen molar-refractivity contribution in [2.24, 2.45) is 0 Å². The maximum atomic E-state index is 9.29. The predicted molar refractivity (Wildman–Crippen MR) is 58.3 cm³/mol. The number of aliphatic hydroxyl groups excluding tert-OH is 1. The van der Waals surface area contributed by atoms with E-state index >= 15 is 0 Å². The van der Waals surface area contributed by atoms with Crippen LogP contribution in [0.25, 0.3) is 5.52 Å². The number of imidazole rings is 1. The number of rotatable bonds is 2. The summed E-state index contributed by atoms with van der Waals surface area (Å²) >= 11 is 3.45. The Morgan fingerprint density at radius 1 is 1.64 bits per heavy atom. The average Bonchev–Trinajstić information content (AvgIpc) is 2.49. The lowest BCUT2D eigenvalue weighted by molar-refractivity contribution is 0.192. The van der Waals surface area contributed by atoms with Crippen molar-refractivity contribution in [3.05, 3.63) is 34.8 Å². The molecule has 1 atom stereocenters. The molecule has 1 N–H and O–H groups in total. The topological polar surface area (TPSA) is 37.5 Å². The van der Waals surface area contributed by atoms with E-state index in [-0.39, 0.29) is 6.10 Å². The summed E-state index contributed by atoms with van der Waals surface area (Å²) in [6.07, 6.45) is 3.97. The molecule has 74 valence electrons. The first kappa shape index (κ1) is 9.68. The van der Waals surface area contributed by atoms with Gasteiger partial charge < -0.3 is 9.51 Å². The van der Waals surface area contributed by atoms with Crippen LogP contribution in [0.2, 0.25) is 0 Å². The van der Waals surface area contributed by atoms with Crippen molar-refractivity contribution < 1.29 is 5.11 Å². The lowest BCUT2D eigenvalue weighted by atomic mass is 10.3. The Morgan fingerprint density at radius 3 is 3.14 bits per heavy atom. The van der Waals surface area contributed by atoms with Gasteiger partial charge in [0.2, 0.25) is 0 Å². The molecular weight excluding hydrogens is 244 g/mol. The Labute approximate surface area is 90.5 Å². The zero-order valence-corrected chi connectivity index (χ0v) is 9.40. The van der Waals surface area contributed by atoms with Gasteiger partial charge >= 0.3 is 0 Å². The first-order valence-corrected chi connectivity index (χ1v) is 5.26. The van der Waals surface area contributed by atoms with Crippen LogP contribution in [0.1, 0.15) is 12.7 Å². The summed E-state index contributed by atoms with van der Waals surface area (Å²) in [5, 5.41) is 9.29. The van der Waals surface area contributed by atoms with E-state index in [1.165, 1.54) is 0 Å². The van der Waals surface area contributed by atoms with Gasteiger partial charge in [-0.2, -0.15) is 0 Å². The van der Waals surface area contributed by atoms with Gasteiger partial charge in [0, 0.05) is 17.1 Å². The molecule has 0 saturated carbocycles. The lowest BCUT2D eigenvalue weighted by Crippen LogP contribution is -2.07. The highest BCUT2D eigenvalue weighted by Gasteiger charge is 2.07. The smallest absolute Gasteiger partial charge is 0.115 e. The monoisotopic (exact) mass is 254 g/mol. The Bertz CT molecular complexity index is 450. The molecular formula is C10H11BrN2O. The Kier molecular flexibility index (Phi) is 2.56. The van der Waals surface area contributed by atoms with E-state index in [0.717, 1.165) is 15.8 Å². The van der Waals surface area contributed by atoms with Crippen LogP contribution in [-0.4, -0.2) is 20.6 Å². The molecule has 1 unspecified atom stereocenters. The van der Waals surface area contributed by atoms with Crippen LogP contribution in [0.4, 0.5) is 0 Å². The van der Waals surface area contributed by atoms with Gasteiger partial charge in [0.05, 0.1) is 17.8 Å². The van der Waals surface area contributed by atoms with Gasteiger partial charge in [-0.3, -0.25) is 0 Å². The van der Waals surface area contributed by atoms with Crippen molar-refractivity contribution in [3.63, 3.8) is 0 Å². The van der Waals surface area contributed by atoms with Gasteiger partial charge in [0.25, 0.3) is 0 Å². The number of nitrogens with zero attached hydrogens (tertiary/aromatic N) is 2. The van der Waals surface area contributed by atoms with Gasteiger partial charge in [0.15, 0.2) is 0 Å². The van der Waals surface area contributed by atoms with E-state index < -0.39 is 0 Å². The summed E-state index contributed by atoms with van der Waals surface area (Å²) < 4.78 is 3.00. The molecule has 0 fully saturated rings. The van der Waals surface area contributed by atoms with Crippen molar-refractivity contribution in [1.82, 2.24) is 9.38 Å². The number of halogens is 1. The van der Waals surface area contributed by atoms with Crippen LogP contribution in [0, 0.1) is 0 Å². The van der Waals surface area contributed by atoms with Crippen LogP contribution in [-0.2, 0) is 6.42 Å². The molecule has 2 aromatic heterocycles. The molecule has 2 heterocycles. The molecule has 0 amide bonds. The van der Waals surface area contributed by atoms with Crippen LogP contribution in [0.3, 0.4) is 0 Å². The molecule has 2 rings (SSSR count). The molecule has 0 spiro atoms. The third-order valence-electron chi connectivity index (χ3n) is 2.07. The van der Waals surface area contributed by atoms with E-state index in [2.05, 4.69) is 20.9 Å². The maximum absolute atomic E-state index is 9.29. The molecule has 0 aliphatic heterocycles. The first-order valence-electron chi connectivity index (χ1n) is 4.47.